The normalized spacial score (nSPS) is 22.3. The number of aromatic amines is 1. The molecule has 0 saturated carbocycles. The number of nitrogens with zero attached hydrogens (tertiary/aromatic N) is 2. The zero-order chi connectivity index (χ0) is 15.9. The van der Waals surface area contributed by atoms with Gasteiger partial charge in [-0.1, -0.05) is 6.07 Å². The van der Waals surface area contributed by atoms with Crippen LogP contribution in [-0.2, 0) is 5.60 Å². The first kappa shape index (κ1) is 15.0. The topological polar surface area (TPSA) is 52.1 Å². The van der Waals surface area contributed by atoms with E-state index >= 15 is 0 Å². The lowest BCUT2D eigenvalue weighted by molar-refractivity contribution is 0.0781. The number of halogens is 2. The molecule has 1 fully saturated rings. The highest BCUT2D eigenvalue weighted by atomic mass is 19.1. The van der Waals surface area contributed by atoms with Crippen LogP contribution in [0.5, 0.6) is 0 Å². The van der Waals surface area contributed by atoms with Gasteiger partial charge in [0.15, 0.2) is 0 Å². The molecule has 1 aromatic carbocycles. The minimum Gasteiger partial charge on any atom is -0.386 e. The van der Waals surface area contributed by atoms with Crippen LogP contribution in [-0.4, -0.2) is 28.0 Å². The second-order valence-corrected chi connectivity index (χ2v) is 6.28. The molecule has 4 nitrogen and oxygen atoms in total. The summed E-state index contributed by atoms with van der Waals surface area (Å²) in [6.07, 6.45) is 0.904. The van der Waals surface area contributed by atoms with E-state index in [4.69, 9.17) is 0 Å². The molecule has 2 heterocycles. The SMILES string of the molecule is CC(C)(O)c1cc(F)cc([C@H]2C[C@H](F)CN2c2ccn[nH]2)c1. The van der Waals surface area contributed by atoms with Gasteiger partial charge in [-0.3, -0.25) is 5.10 Å². The first-order chi connectivity index (χ1) is 10.3. The number of H-pyrrole nitrogens is 1. The molecule has 0 unspecified atom stereocenters. The summed E-state index contributed by atoms with van der Waals surface area (Å²) in [6.45, 7) is 3.44. The third-order valence-electron chi connectivity index (χ3n) is 4.06. The van der Waals surface area contributed by atoms with Crippen LogP contribution >= 0.6 is 0 Å². The molecule has 0 radical (unpaired) electrons. The van der Waals surface area contributed by atoms with E-state index in [-0.39, 0.29) is 19.0 Å². The van der Waals surface area contributed by atoms with Crippen LogP contribution in [0, 0.1) is 5.82 Å². The first-order valence-electron chi connectivity index (χ1n) is 7.28. The summed E-state index contributed by atoms with van der Waals surface area (Å²) in [6, 6.07) is 5.94. The van der Waals surface area contributed by atoms with E-state index in [1.165, 1.54) is 12.1 Å². The Labute approximate surface area is 127 Å². The van der Waals surface area contributed by atoms with Crippen molar-refractivity contribution >= 4 is 5.82 Å². The Morgan fingerprint density at radius 1 is 1.36 bits per heavy atom. The number of hydrogen-bond donors (Lipinski definition) is 2. The van der Waals surface area contributed by atoms with Crippen molar-refractivity contribution in [3.8, 4) is 0 Å². The van der Waals surface area contributed by atoms with Crippen molar-refractivity contribution < 1.29 is 13.9 Å². The van der Waals surface area contributed by atoms with Crippen LogP contribution in [0.3, 0.4) is 0 Å². The van der Waals surface area contributed by atoms with Gasteiger partial charge in [0, 0.05) is 12.5 Å². The molecule has 118 valence electrons. The van der Waals surface area contributed by atoms with E-state index in [1.54, 1.807) is 32.2 Å². The fraction of sp³-hybridized carbons (Fsp3) is 0.438. The Balaban J connectivity index is 2.00. The minimum atomic E-state index is -1.15. The largest absolute Gasteiger partial charge is 0.386 e. The van der Waals surface area contributed by atoms with Gasteiger partial charge in [0.25, 0.3) is 0 Å². The quantitative estimate of drug-likeness (QED) is 0.916. The van der Waals surface area contributed by atoms with Gasteiger partial charge in [0.1, 0.15) is 17.8 Å². The molecule has 2 aromatic rings. The molecule has 1 aliphatic heterocycles. The van der Waals surface area contributed by atoms with E-state index in [9.17, 15) is 13.9 Å². The molecular weight excluding hydrogens is 288 g/mol. The molecule has 2 N–H and O–H groups in total. The zero-order valence-corrected chi connectivity index (χ0v) is 12.6. The highest BCUT2D eigenvalue weighted by molar-refractivity contribution is 5.45. The third kappa shape index (κ3) is 2.83. The fourth-order valence-electron chi connectivity index (χ4n) is 2.93. The minimum absolute atomic E-state index is 0.237. The van der Waals surface area contributed by atoms with Crippen molar-refractivity contribution in [2.75, 3.05) is 11.4 Å². The van der Waals surface area contributed by atoms with Crippen LogP contribution in [0.1, 0.15) is 37.4 Å². The predicted molar refractivity (Wildman–Crippen MR) is 79.8 cm³/mol. The van der Waals surface area contributed by atoms with Crippen LogP contribution in [0.15, 0.2) is 30.5 Å². The lowest BCUT2D eigenvalue weighted by Crippen LogP contribution is -2.25. The van der Waals surface area contributed by atoms with Gasteiger partial charge in [-0.2, -0.15) is 5.10 Å². The summed E-state index contributed by atoms with van der Waals surface area (Å²) in [5, 5.41) is 16.8. The molecule has 3 rings (SSSR count). The average Bonchev–Trinajstić information content (AvgIpc) is 3.05. The Kier molecular flexibility index (Phi) is 3.64. The smallest absolute Gasteiger partial charge is 0.124 e. The average molecular weight is 307 g/mol. The van der Waals surface area contributed by atoms with Gasteiger partial charge in [-0.15, -0.1) is 0 Å². The van der Waals surface area contributed by atoms with Gasteiger partial charge >= 0.3 is 0 Å². The molecule has 6 heteroatoms. The lowest BCUT2D eigenvalue weighted by Gasteiger charge is -2.26. The fourth-order valence-corrected chi connectivity index (χ4v) is 2.93. The number of anilines is 1. The van der Waals surface area contributed by atoms with Gasteiger partial charge in [0.2, 0.25) is 0 Å². The van der Waals surface area contributed by atoms with Crippen LogP contribution in [0.4, 0.5) is 14.6 Å². The number of aliphatic hydroxyl groups is 1. The van der Waals surface area contributed by atoms with Gasteiger partial charge < -0.3 is 10.0 Å². The van der Waals surface area contributed by atoms with Gasteiger partial charge in [-0.25, -0.2) is 8.78 Å². The number of benzene rings is 1. The van der Waals surface area contributed by atoms with Gasteiger partial charge in [0.05, 0.1) is 24.4 Å². The van der Waals surface area contributed by atoms with Crippen LogP contribution in [0.2, 0.25) is 0 Å². The van der Waals surface area contributed by atoms with Crippen molar-refractivity contribution in [2.45, 2.75) is 38.1 Å². The Bertz CT molecular complexity index is 652. The molecular formula is C16H19F2N3O. The molecule has 0 spiro atoms. The van der Waals surface area contributed by atoms with Crippen molar-refractivity contribution in [1.82, 2.24) is 10.2 Å². The Morgan fingerprint density at radius 3 is 2.77 bits per heavy atom. The van der Waals surface area contributed by atoms with E-state index in [0.717, 1.165) is 0 Å². The maximum absolute atomic E-state index is 13.9. The molecule has 0 bridgehead atoms. The van der Waals surface area contributed by atoms with Crippen molar-refractivity contribution in [3.63, 3.8) is 0 Å². The van der Waals surface area contributed by atoms with Crippen molar-refractivity contribution in [2.24, 2.45) is 0 Å². The van der Waals surface area contributed by atoms with E-state index in [2.05, 4.69) is 10.2 Å². The summed E-state index contributed by atoms with van der Waals surface area (Å²) in [7, 11) is 0. The van der Waals surface area contributed by atoms with Crippen LogP contribution in [0.25, 0.3) is 0 Å². The molecule has 0 aliphatic carbocycles. The predicted octanol–water partition coefficient (Wildman–Crippen LogP) is 3.07. The molecule has 1 saturated heterocycles. The maximum Gasteiger partial charge on any atom is 0.124 e. The summed E-state index contributed by atoms with van der Waals surface area (Å²) in [5.41, 5.74) is -0.00938. The number of nitrogens with one attached hydrogen (secondary N) is 1. The number of alkyl halides is 1. The molecule has 1 aliphatic rings. The Morgan fingerprint density at radius 2 is 2.14 bits per heavy atom. The number of aromatic nitrogens is 2. The monoisotopic (exact) mass is 307 g/mol. The Hall–Kier alpha value is -1.95. The summed E-state index contributed by atoms with van der Waals surface area (Å²) < 4.78 is 27.9. The number of hydrogen-bond acceptors (Lipinski definition) is 3. The van der Waals surface area contributed by atoms with E-state index in [1.807, 2.05) is 4.90 Å². The molecule has 0 amide bonds. The highest BCUT2D eigenvalue weighted by Gasteiger charge is 2.35. The first-order valence-corrected chi connectivity index (χ1v) is 7.28. The molecule has 22 heavy (non-hydrogen) atoms. The van der Waals surface area contributed by atoms with E-state index < -0.39 is 17.6 Å². The summed E-state index contributed by atoms with van der Waals surface area (Å²) >= 11 is 0. The molecule has 1 aromatic heterocycles. The van der Waals surface area contributed by atoms with Gasteiger partial charge in [-0.05, 0) is 37.1 Å². The lowest BCUT2D eigenvalue weighted by atomic mass is 9.93. The zero-order valence-electron chi connectivity index (χ0n) is 12.6. The van der Waals surface area contributed by atoms with Crippen molar-refractivity contribution in [1.29, 1.82) is 0 Å². The van der Waals surface area contributed by atoms with Crippen molar-refractivity contribution in [3.05, 3.63) is 47.4 Å². The maximum atomic E-state index is 13.9. The van der Waals surface area contributed by atoms with E-state index in [0.29, 0.717) is 16.9 Å². The summed E-state index contributed by atoms with van der Waals surface area (Å²) in [5.74, 6) is 0.278. The molecule has 2 atom stereocenters. The third-order valence-corrected chi connectivity index (χ3v) is 4.06. The highest BCUT2D eigenvalue weighted by Crippen LogP contribution is 2.38. The summed E-state index contributed by atoms with van der Waals surface area (Å²) in [4.78, 5) is 1.85. The standard InChI is InChI=1S/C16H19F2N3O/c1-16(2,22)11-5-10(6-12(17)7-11)14-8-13(18)9-21(14)15-3-4-19-20-15/h3-7,13-14,22H,8-9H2,1-2H3,(H,19,20)/t13-,14+/m0/s1. The number of rotatable bonds is 3. The van der Waals surface area contributed by atoms with Crippen LogP contribution < -0.4 is 4.90 Å². The second-order valence-electron chi connectivity index (χ2n) is 6.28. The second kappa shape index (κ2) is 5.35.